The Hall–Kier alpha value is -2.86. The van der Waals surface area contributed by atoms with Crippen LogP contribution < -0.4 is 15.4 Å². The van der Waals surface area contributed by atoms with Gasteiger partial charge >= 0.3 is 0 Å². The van der Waals surface area contributed by atoms with Crippen LogP contribution in [0.4, 0.5) is 5.69 Å². The largest absolute Gasteiger partial charge is 0.491 e. The number of amides is 2. The summed E-state index contributed by atoms with van der Waals surface area (Å²) in [6.45, 7) is 8.91. The first kappa shape index (κ1) is 22.4. The maximum atomic E-state index is 12.5. The van der Waals surface area contributed by atoms with Gasteiger partial charge in [-0.3, -0.25) is 9.59 Å². The fourth-order valence-corrected chi connectivity index (χ4v) is 2.62. The van der Waals surface area contributed by atoms with E-state index in [-0.39, 0.29) is 17.2 Å². The van der Waals surface area contributed by atoms with Gasteiger partial charge in [0.05, 0.1) is 6.61 Å². The molecule has 0 saturated heterocycles. The van der Waals surface area contributed by atoms with Crippen LogP contribution in [-0.2, 0) is 14.9 Å². The van der Waals surface area contributed by atoms with E-state index in [1.165, 1.54) is 0 Å². The molecule has 1 unspecified atom stereocenters. The molecule has 0 heterocycles. The van der Waals surface area contributed by atoms with Gasteiger partial charge < -0.3 is 20.1 Å². The molecule has 0 saturated carbocycles. The summed E-state index contributed by atoms with van der Waals surface area (Å²) in [5, 5.41) is 5.53. The molecule has 29 heavy (non-hydrogen) atoms. The highest BCUT2D eigenvalue weighted by atomic mass is 16.5. The van der Waals surface area contributed by atoms with Crippen molar-refractivity contribution in [3.05, 3.63) is 59.7 Å². The van der Waals surface area contributed by atoms with Crippen molar-refractivity contribution in [2.45, 2.75) is 39.2 Å². The number of hydrogen-bond donors (Lipinski definition) is 2. The minimum absolute atomic E-state index is 0.0179. The summed E-state index contributed by atoms with van der Waals surface area (Å²) in [7, 11) is 1.61. The Balaban J connectivity index is 1.93. The van der Waals surface area contributed by atoms with Gasteiger partial charge in [0.15, 0.2) is 0 Å². The molecule has 0 spiro atoms. The van der Waals surface area contributed by atoms with E-state index in [1.807, 2.05) is 12.1 Å². The quantitative estimate of drug-likeness (QED) is 0.664. The van der Waals surface area contributed by atoms with E-state index < -0.39 is 6.04 Å². The average Bonchev–Trinajstić information content (AvgIpc) is 2.68. The topological polar surface area (TPSA) is 76.7 Å². The van der Waals surface area contributed by atoms with E-state index in [2.05, 4.69) is 31.4 Å². The van der Waals surface area contributed by atoms with Gasteiger partial charge in [0, 0.05) is 24.4 Å². The summed E-state index contributed by atoms with van der Waals surface area (Å²) in [5.74, 6) is 0.0407. The number of carbonyl (C=O) groups is 2. The van der Waals surface area contributed by atoms with Crippen LogP contribution in [0.5, 0.6) is 5.75 Å². The molecule has 2 amide bonds. The molecule has 0 fully saturated rings. The Morgan fingerprint density at radius 1 is 1.03 bits per heavy atom. The summed E-state index contributed by atoms with van der Waals surface area (Å²) < 4.78 is 10.5. The molecule has 2 N–H and O–H groups in total. The second-order valence-electron chi connectivity index (χ2n) is 7.88. The van der Waals surface area contributed by atoms with Gasteiger partial charge in [-0.05, 0) is 42.2 Å². The van der Waals surface area contributed by atoms with E-state index >= 15 is 0 Å². The Morgan fingerprint density at radius 3 is 2.34 bits per heavy atom. The molecule has 6 heteroatoms. The molecule has 0 aliphatic heterocycles. The predicted octanol–water partition coefficient (Wildman–Crippen LogP) is 3.77. The highest BCUT2D eigenvalue weighted by Crippen LogP contribution is 2.22. The van der Waals surface area contributed by atoms with Crippen molar-refractivity contribution >= 4 is 17.5 Å². The zero-order valence-corrected chi connectivity index (χ0v) is 17.7. The lowest BCUT2D eigenvalue weighted by Gasteiger charge is -2.19. The summed E-state index contributed by atoms with van der Waals surface area (Å²) >= 11 is 0. The first-order valence-corrected chi connectivity index (χ1v) is 9.65. The second kappa shape index (κ2) is 10.1. The molecule has 2 rings (SSSR count). The second-order valence-corrected chi connectivity index (χ2v) is 7.88. The number of benzene rings is 2. The molecule has 2 aromatic rings. The molecule has 156 valence electrons. The smallest absolute Gasteiger partial charge is 0.251 e. The Kier molecular flexibility index (Phi) is 7.79. The number of methoxy groups -OCH3 is 1. The first-order chi connectivity index (χ1) is 13.7. The lowest BCUT2D eigenvalue weighted by atomic mass is 9.86. The number of anilines is 1. The third-order valence-corrected chi connectivity index (χ3v) is 4.41. The number of carbonyl (C=O) groups excluding carboxylic acids is 2. The van der Waals surface area contributed by atoms with Crippen molar-refractivity contribution in [2.75, 3.05) is 25.6 Å². The Labute approximate surface area is 172 Å². The third-order valence-electron chi connectivity index (χ3n) is 4.41. The van der Waals surface area contributed by atoms with Crippen LogP contribution in [0.2, 0.25) is 0 Å². The number of hydrogen-bond acceptors (Lipinski definition) is 4. The average molecular weight is 399 g/mol. The molecule has 0 radical (unpaired) electrons. The monoisotopic (exact) mass is 398 g/mol. The standard InChI is InChI=1S/C23H30N2O4/c1-16(24-22(27)17-9-11-18(12-10-17)23(2,3)4)21(26)25-19-7-6-8-20(15-19)29-14-13-28-5/h6-12,15-16H,13-14H2,1-5H3,(H,24,27)(H,25,26). The normalized spacial score (nSPS) is 12.2. The van der Waals surface area contributed by atoms with Crippen molar-refractivity contribution in [1.82, 2.24) is 5.32 Å². The Morgan fingerprint density at radius 2 is 1.72 bits per heavy atom. The Bertz CT molecular complexity index is 826. The number of ether oxygens (including phenoxy) is 2. The fraction of sp³-hybridized carbons (Fsp3) is 0.391. The van der Waals surface area contributed by atoms with Crippen molar-refractivity contribution in [3.63, 3.8) is 0 Å². The molecule has 1 atom stereocenters. The molecular formula is C23H30N2O4. The van der Waals surface area contributed by atoms with Crippen molar-refractivity contribution < 1.29 is 19.1 Å². The zero-order chi connectivity index (χ0) is 21.4. The molecule has 6 nitrogen and oxygen atoms in total. The summed E-state index contributed by atoms with van der Waals surface area (Å²) in [6.07, 6.45) is 0. The zero-order valence-electron chi connectivity index (χ0n) is 17.7. The lowest BCUT2D eigenvalue weighted by Crippen LogP contribution is -2.41. The van der Waals surface area contributed by atoms with Crippen LogP contribution in [0, 0.1) is 0 Å². The van der Waals surface area contributed by atoms with Gasteiger partial charge in [0.1, 0.15) is 18.4 Å². The van der Waals surface area contributed by atoms with Crippen molar-refractivity contribution in [1.29, 1.82) is 0 Å². The minimum atomic E-state index is -0.692. The lowest BCUT2D eigenvalue weighted by molar-refractivity contribution is -0.117. The molecule has 2 aromatic carbocycles. The molecule has 0 aromatic heterocycles. The van der Waals surface area contributed by atoms with E-state index in [4.69, 9.17) is 9.47 Å². The predicted molar refractivity (Wildman–Crippen MR) is 115 cm³/mol. The van der Waals surface area contributed by atoms with Gasteiger partial charge in [-0.25, -0.2) is 0 Å². The SMILES string of the molecule is COCCOc1cccc(NC(=O)C(C)NC(=O)c2ccc(C(C)(C)C)cc2)c1. The maximum absolute atomic E-state index is 12.5. The molecular weight excluding hydrogens is 368 g/mol. The van der Waals surface area contributed by atoms with Crippen molar-refractivity contribution in [3.8, 4) is 5.75 Å². The van der Waals surface area contributed by atoms with E-state index in [0.717, 1.165) is 5.56 Å². The van der Waals surface area contributed by atoms with Crippen LogP contribution in [0.3, 0.4) is 0 Å². The van der Waals surface area contributed by atoms with Gasteiger partial charge in [0.2, 0.25) is 5.91 Å². The van der Waals surface area contributed by atoms with E-state index in [1.54, 1.807) is 50.4 Å². The molecule has 0 aliphatic rings. The summed E-state index contributed by atoms with van der Waals surface area (Å²) in [5.41, 5.74) is 2.28. The highest BCUT2D eigenvalue weighted by Gasteiger charge is 2.18. The van der Waals surface area contributed by atoms with Gasteiger partial charge in [0.25, 0.3) is 5.91 Å². The molecule has 0 bridgehead atoms. The van der Waals surface area contributed by atoms with E-state index in [9.17, 15) is 9.59 Å². The maximum Gasteiger partial charge on any atom is 0.251 e. The highest BCUT2D eigenvalue weighted by molar-refractivity contribution is 6.01. The number of rotatable bonds is 8. The van der Waals surface area contributed by atoms with Crippen LogP contribution in [-0.4, -0.2) is 38.2 Å². The van der Waals surface area contributed by atoms with Crippen LogP contribution in [0.1, 0.15) is 43.6 Å². The fourth-order valence-electron chi connectivity index (χ4n) is 2.62. The van der Waals surface area contributed by atoms with Crippen molar-refractivity contribution in [2.24, 2.45) is 0 Å². The van der Waals surface area contributed by atoms with Gasteiger partial charge in [-0.2, -0.15) is 0 Å². The first-order valence-electron chi connectivity index (χ1n) is 9.65. The summed E-state index contributed by atoms with van der Waals surface area (Å²) in [4.78, 5) is 24.9. The van der Waals surface area contributed by atoms with Gasteiger partial charge in [-0.15, -0.1) is 0 Å². The third kappa shape index (κ3) is 6.91. The van der Waals surface area contributed by atoms with E-state index in [0.29, 0.717) is 30.2 Å². The van der Waals surface area contributed by atoms with Crippen LogP contribution >= 0.6 is 0 Å². The minimum Gasteiger partial charge on any atom is -0.491 e. The number of nitrogens with one attached hydrogen (secondary N) is 2. The van der Waals surface area contributed by atoms with Gasteiger partial charge in [-0.1, -0.05) is 39.0 Å². The van der Waals surface area contributed by atoms with Crippen LogP contribution in [0.25, 0.3) is 0 Å². The summed E-state index contributed by atoms with van der Waals surface area (Å²) in [6, 6.07) is 13.8. The molecule has 0 aliphatic carbocycles. The van der Waals surface area contributed by atoms with Crippen LogP contribution in [0.15, 0.2) is 48.5 Å².